The summed E-state index contributed by atoms with van der Waals surface area (Å²) < 4.78 is 15.3. The molecule has 0 aromatic heterocycles. The van der Waals surface area contributed by atoms with Crippen LogP contribution in [0.4, 0.5) is 0 Å². The first-order valence-electron chi connectivity index (χ1n) is 2.83. The molecule has 3 nitrogen and oxygen atoms in total. The third-order valence-electron chi connectivity index (χ3n) is 0.691. The van der Waals surface area contributed by atoms with Crippen LogP contribution in [0.15, 0.2) is 0 Å². The molecule has 0 aliphatic carbocycles. The van der Waals surface area contributed by atoms with Crippen molar-refractivity contribution in [2.45, 2.75) is 13.3 Å². The first kappa shape index (κ1) is 8.68. The van der Waals surface area contributed by atoms with Gasteiger partial charge in [0.05, 0.1) is 12.7 Å². The minimum Gasteiger partial charge on any atom is -0.330 e. The summed E-state index contributed by atoms with van der Waals surface area (Å²) in [6, 6.07) is 1.78. The first-order valence-corrected chi connectivity index (χ1v) is 4.36. The zero-order valence-corrected chi connectivity index (χ0v) is 6.39. The van der Waals surface area contributed by atoms with Gasteiger partial charge in [0.25, 0.3) is 0 Å². The molecule has 0 spiro atoms. The molecule has 0 bridgehead atoms. The third kappa shape index (κ3) is 5.55. The molecule has 0 saturated carbocycles. The second kappa shape index (κ2) is 5.81. The van der Waals surface area contributed by atoms with Gasteiger partial charge in [-0.15, -0.1) is 0 Å². The van der Waals surface area contributed by atoms with Gasteiger partial charge in [-0.3, -0.25) is 4.57 Å². The molecule has 0 aliphatic heterocycles. The highest BCUT2D eigenvalue weighted by atomic mass is 31.1. The van der Waals surface area contributed by atoms with Crippen molar-refractivity contribution in [2.75, 3.05) is 12.8 Å². The largest absolute Gasteiger partial charge is 0.330 e. The molecule has 0 aliphatic rings. The fraction of sp³-hybridized carbons (Fsp3) is 0.800. The van der Waals surface area contributed by atoms with Crippen LogP contribution in [0.1, 0.15) is 13.3 Å². The Kier molecular flexibility index (Phi) is 5.60. The molecule has 0 rings (SSSR count). The van der Waals surface area contributed by atoms with Crippen LogP contribution in [0, 0.1) is 11.3 Å². The molecule has 0 saturated heterocycles. The molecule has 0 aromatic rings. The highest BCUT2D eigenvalue weighted by Gasteiger charge is 1.94. The summed E-state index contributed by atoms with van der Waals surface area (Å²) in [4.78, 5) is 0. The SMILES string of the molecule is CCCO[PH](=O)CC#N. The molecular weight excluding hydrogens is 137 g/mol. The Morgan fingerprint density at radius 1 is 1.78 bits per heavy atom. The van der Waals surface area contributed by atoms with E-state index in [2.05, 4.69) is 0 Å². The van der Waals surface area contributed by atoms with Crippen LogP contribution in [0.2, 0.25) is 0 Å². The maximum Gasteiger partial charge on any atom is 0.205 e. The van der Waals surface area contributed by atoms with Gasteiger partial charge in [0, 0.05) is 0 Å². The Morgan fingerprint density at radius 2 is 2.44 bits per heavy atom. The van der Waals surface area contributed by atoms with E-state index in [1.165, 1.54) is 0 Å². The second-order valence-electron chi connectivity index (χ2n) is 1.56. The van der Waals surface area contributed by atoms with Gasteiger partial charge in [-0.25, -0.2) is 0 Å². The van der Waals surface area contributed by atoms with Gasteiger partial charge in [0.2, 0.25) is 8.03 Å². The molecule has 9 heavy (non-hydrogen) atoms. The molecule has 4 heteroatoms. The van der Waals surface area contributed by atoms with E-state index in [9.17, 15) is 4.57 Å². The highest BCUT2D eigenvalue weighted by molar-refractivity contribution is 7.39. The molecule has 0 amide bonds. The smallest absolute Gasteiger partial charge is 0.205 e. The highest BCUT2D eigenvalue weighted by Crippen LogP contribution is 2.20. The van der Waals surface area contributed by atoms with Crippen molar-refractivity contribution in [3.05, 3.63) is 0 Å². The molecule has 0 radical (unpaired) electrons. The summed E-state index contributed by atoms with van der Waals surface area (Å²) in [5.41, 5.74) is 0. The topological polar surface area (TPSA) is 50.1 Å². The van der Waals surface area contributed by atoms with E-state index >= 15 is 0 Å². The summed E-state index contributed by atoms with van der Waals surface area (Å²) in [5.74, 6) is 0. The third-order valence-corrected chi connectivity index (χ3v) is 1.66. The van der Waals surface area contributed by atoms with Crippen LogP contribution in [-0.2, 0) is 9.09 Å². The van der Waals surface area contributed by atoms with E-state index in [0.29, 0.717) is 6.61 Å². The second-order valence-corrected chi connectivity index (χ2v) is 2.94. The lowest BCUT2D eigenvalue weighted by Gasteiger charge is -1.95. The van der Waals surface area contributed by atoms with E-state index in [4.69, 9.17) is 9.79 Å². The molecule has 1 atom stereocenters. The zero-order valence-electron chi connectivity index (χ0n) is 5.39. The van der Waals surface area contributed by atoms with Gasteiger partial charge >= 0.3 is 0 Å². The fourth-order valence-corrected chi connectivity index (χ4v) is 0.994. The van der Waals surface area contributed by atoms with Crippen LogP contribution in [0.5, 0.6) is 0 Å². The monoisotopic (exact) mass is 147 g/mol. The van der Waals surface area contributed by atoms with Gasteiger partial charge in [0.15, 0.2) is 0 Å². The number of rotatable bonds is 4. The quantitative estimate of drug-likeness (QED) is 0.565. The van der Waals surface area contributed by atoms with Crippen molar-refractivity contribution in [2.24, 2.45) is 0 Å². The standard InChI is InChI=1S/C5H10NO2P/c1-2-4-8-9(7)5-3-6/h9H,2,4-5H2,1H3. The minimum absolute atomic E-state index is 0.0463. The fourth-order valence-electron chi connectivity index (χ4n) is 0.331. The molecule has 0 heterocycles. The number of hydrogen-bond acceptors (Lipinski definition) is 3. The summed E-state index contributed by atoms with van der Waals surface area (Å²) in [5, 5.41) is 8.03. The van der Waals surface area contributed by atoms with Crippen LogP contribution in [0.3, 0.4) is 0 Å². The van der Waals surface area contributed by atoms with Crippen molar-refractivity contribution >= 4 is 8.03 Å². The van der Waals surface area contributed by atoms with Crippen LogP contribution in [-0.4, -0.2) is 12.8 Å². The minimum atomic E-state index is -2.01. The maximum absolute atomic E-state index is 10.5. The average Bonchev–Trinajstić information content (AvgIpc) is 1.85. The molecular formula is C5H10NO2P. The number of nitriles is 1. The lowest BCUT2D eigenvalue weighted by Crippen LogP contribution is -1.83. The first-order chi connectivity index (χ1) is 4.31. The average molecular weight is 147 g/mol. The maximum atomic E-state index is 10.5. The molecule has 1 unspecified atom stereocenters. The van der Waals surface area contributed by atoms with Crippen molar-refractivity contribution in [1.29, 1.82) is 5.26 Å². The predicted molar refractivity (Wildman–Crippen MR) is 35.7 cm³/mol. The van der Waals surface area contributed by atoms with Gasteiger partial charge < -0.3 is 4.52 Å². The van der Waals surface area contributed by atoms with E-state index in [1.54, 1.807) is 6.07 Å². The summed E-state index contributed by atoms with van der Waals surface area (Å²) in [6.45, 7) is 2.43. The van der Waals surface area contributed by atoms with Crippen molar-refractivity contribution < 1.29 is 9.09 Å². The summed E-state index contributed by atoms with van der Waals surface area (Å²) >= 11 is 0. The molecule has 52 valence electrons. The lowest BCUT2D eigenvalue weighted by molar-refractivity contribution is 0.330. The van der Waals surface area contributed by atoms with Crippen LogP contribution >= 0.6 is 8.03 Å². The summed E-state index contributed by atoms with van der Waals surface area (Å²) in [6.07, 6.45) is 0.895. The van der Waals surface area contributed by atoms with Crippen LogP contribution < -0.4 is 0 Å². The van der Waals surface area contributed by atoms with Gasteiger partial charge in [-0.05, 0) is 6.42 Å². The van der Waals surface area contributed by atoms with Gasteiger partial charge in [0.1, 0.15) is 6.16 Å². The molecule has 0 N–H and O–H groups in total. The Morgan fingerprint density at radius 3 is 2.89 bits per heavy atom. The van der Waals surface area contributed by atoms with E-state index in [1.807, 2.05) is 6.92 Å². The molecule has 0 fully saturated rings. The van der Waals surface area contributed by atoms with E-state index < -0.39 is 8.03 Å². The Labute approximate surface area is 55.5 Å². The molecule has 0 aromatic carbocycles. The Balaban J connectivity index is 3.19. The summed E-state index contributed by atoms with van der Waals surface area (Å²) in [7, 11) is -2.01. The van der Waals surface area contributed by atoms with Crippen LogP contribution in [0.25, 0.3) is 0 Å². The normalized spacial score (nSPS) is 12.4. The Hall–Kier alpha value is -0.320. The number of nitrogens with zero attached hydrogens (tertiary/aromatic N) is 1. The van der Waals surface area contributed by atoms with Crippen molar-refractivity contribution in [3.63, 3.8) is 0 Å². The zero-order chi connectivity index (χ0) is 7.11. The van der Waals surface area contributed by atoms with E-state index in [0.717, 1.165) is 6.42 Å². The number of hydrogen-bond donors (Lipinski definition) is 0. The van der Waals surface area contributed by atoms with E-state index in [-0.39, 0.29) is 6.16 Å². The van der Waals surface area contributed by atoms with Crippen molar-refractivity contribution in [3.8, 4) is 6.07 Å². The van der Waals surface area contributed by atoms with Gasteiger partial charge in [-0.2, -0.15) is 5.26 Å². The van der Waals surface area contributed by atoms with Gasteiger partial charge in [-0.1, -0.05) is 6.92 Å². The van der Waals surface area contributed by atoms with Crippen molar-refractivity contribution in [1.82, 2.24) is 0 Å². The Bertz CT molecular complexity index is 129. The lowest BCUT2D eigenvalue weighted by atomic mass is 10.5. The predicted octanol–water partition coefficient (Wildman–Crippen LogP) is 1.41.